The fraction of sp³-hybridized carbons (Fsp3) is 0. The summed E-state index contributed by atoms with van der Waals surface area (Å²) in [5, 5.41) is 0.697. The van der Waals surface area contributed by atoms with Gasteiger partial charge in [-0.25, -0.2) is 4.39 Å². The molecule has 2 aromatic carbocycles. The molecule has 0 bridgehead atoms. The topological polar surface area (TPSA) is 0 Å². The van der Waals surface area contributed by atoms with Gasteiger partial charge in [0.15, 0.2) is 0 Å². The molecule has 0 aromatic heterocycles. The van der Waals surface area contributed by atoms with E-state index in [1.807, 2.05) is 36.4 Å². The summed E-state index contributed by atoms with van der Waals surface area (Å²) in [6, 6.07) is 14.1. The van der Waals surface area contributed by atoms with Crippen LogP contribution in [0.15, 0.2) is 48.5 Å². The van der Waals surface area contributed by atoms with Crippen LogP contribution in [0, 0.1) is 5.82 Å². The SMILES string of the molecule is Fc1ccccc1/C=C/c1ccc(Cl)cc1. The van der Waals surface area contributed by atoms with Crippen molar-refractivity contribution >= 4 is 23.8 Å². The van der Waals surface area contributed by atoms with Gasteiger partial charge in [0.1, 0.15) is 5.82 Å². The van der Waals surface area contributed by atoms with Gasteiger partial charge in [-0.15, -0.1) is 0 Å². The monoisotopic (exact) mass is 232 g/mol. The third-order valence-electron chi connectivity index (χ3n) is 2.23. The molecule has 16 heavy (non-hydrogen) atoms. The average molecular weight is 233 g/mol. The van der Waals surface area contributed by atoms with E-state index < -0.39 is 0 Å². The first-order valence-corrected chi connectivity index (χ1v) is 5.32. The minimum Gasteiger partial charge on any atom is -0.206 e. The summed E-state index contributed by atoms with van der Waals surface area (Å²) in [7, 11) is 0. The lowest BCUT2D eigenvalue weighted by atomic mass is 10.1. The number of rotatable bonds is 2. The number of benzene rings is 2. The molecule has 0 spiro atoms. The molecule has 0 heterocycles. The fourth-order valence-electron chi connectivity index (χ4n) is 1.37. The zero-order chi connectivity index (χ0) is 11.4. The lowest BCUT2D eigenvalue weighted by Crippen LogP contribution is -1.79. The Balaban J connectivity index is 2.21. The summed E-state index contributed by atoms with van der Waals surface area (Å²) >= 11 is 5.77. The van der Waals surface area contributed by atoms with Gasteiger partial charge >= 0.3 is 0 Å². The van der Waals surface area contributed by atoms with Gasteiger partial charge in [0, 0.05) is 10.6 Å². The van der Waals surface area contributed by atoms with Crippen molar-refractivity contribution in [2.75, 3.05) is 0 Å². The Hall–Kier alpha value is -1.60. The zero-order valence-electron chi connectivity index (χ0n) is 8.53. The first kappa shape index (κ1) is 10.9. The third kappa shape index (κ3) is 2.71. The molecule has 2 aromatic rings. The van der Waals surface area contributed by atoms with E-state index >= 15 is 0 Å². The van der Waals surface area contributed by atoms with Crippen LogP contribution < -0.4 is 0 Å². The van der Waals surface area contributed by atoms with Crippen molar-refractivity contribution in [1.82, 2.24) is 0 Å². The normalized spacial score (nSPS) is 10.9. The highest BCUT2D eigenvalue weighted by atomic mass is 35.5. The summed E-state index contributed by atoms with van der Waals surface area (Å²) in [5.74, 6) is -0.215. The van der Waals surface area contributed by atoms with Crippen molar-refractivity contribution < 1.29 is 4.39 Å². The molecular formula is C14H10ClF. The molecular weight excluding hydrogens is 223 g/mol. The molecule has 0 nitrogen and oxygen atoms in total. The van der Waals surface area contributed by atoms with Crippen LogP contribution in [0.1, 0.15) is 11.1 Å². The fourth-order valence-corrected chi connectivity index (χ4v) is 1.50. The van der Waals surface area contributed by atoms with E-state index in [-0.39, 0.29) is 5.82 Å². The highest BCUT2D eigenvalue weighted by Crippen LogP contribution is 2.14. The molecule has 2 rings (SSSR count). The smallest absolute Gasteiger partial charge is 0.130 e. The highest BCUT2D eigenvalue weighted by molar-refractivity contribution is 6.30. The van der Waals surface area contributed by atoms with Gasteiger partial charge in [-0.2, -0.15) is 0 Å². The van der Waals surface area contributed by atoms with Gasteiger partial charge in [-0.3, -0.25) is 0 Å². The van der Waals surface area contributed by atoms with Gasteiger partial charge in [-0.05, 0) is 23.8 Å². The van der Waals surface area contributed by atoms with Crippen LogP contribution in [0.25, 0.3) is 12.2 Å². The van der Waals surface area contributed by atoms with Crippen LogP contribution in [0.3, 0.4) is 0 Å². The van der Waals surface area contributed by atoms with Crippen LogP contribution in [-0.2, 0) is 0 Å². The van der Waals surface area contributed by atoms with Crippen LogP contribution in [0.2, 0.25) is 5.02 Å². The lowest BCUT2D eigenvalue weighted by molar-refractivity contribution is 0.625. The average Bonchev–Trinajstić information content (AvgIpc) is 2.30. The van der Waals surface area contributed by atoms with Crippen molar-refractivity contribution in [3.8, 4) is 0 Å². The molecule has 0 unspecified atom stereocenters. The minimum atomic E-state index is -0.215. The molecule has 80 valence electrons. The Morgan fingerprint density at radius 3 is 2.25 bits per heavy atom. The molecule has 0 atom stereocenters. The number of halogens is 2. The van der Waals surface area contributed by atoms with E-state index in [0.29, 0.717) is 10.6 Å². The van der Waals surface area contributed by atoms with E-state index in [4.69, 9.17) is 11.6 Å². The van der Waals surface area contributed by atoms with Gasteiger partial charge in [0.05, 0.1) is 0 Å². The van der Waals surface area contributed by atoms with Crippen LogP contribution in [0.5, 0.6) is 0 Å². The third-order valence-corrected chi connectivity index (χ3v) is 2.48. The van der Waals surface area contributed by atoms with E-state index in [0.717, 1.165) is 5.56 Å². The van der Waals surface area contributed by atoms with E-state index in [1.165, 1.54) is 6.07 Å². The molecule has 0 fully saturated rings. The molecule has 0 aliphatic carbocycles. The Kier molecular flexibility index (Phi) is 3.37. The molecule has 2 heteroatoms. The highest BCUT2D eigenvalue weighted by Gasteiger charge is 1.95. The predicted molar refractivity (Wildman–Crippen MR) is 66.8 cm³/mol. The van der Waals surface area contributed by atoms with Crippen LogP contribution in [0.4, 0.5) is 4.39 Å². The number of hydrogen-bond donors (Lipinski definition) is 0. The van der Waals surface area contributed by atoms with Crippen molar-refractivity contribution in [3.63, 3.8) is 0 Å². The predicted octanol–water partition coefficient (Wildman–Crippen LogP) is 4.65. The van der Waals surface area contributed by atoms with Gasteiger partial charge in [-0.1, -0.05) is 54.1 Å². The maximum absolute atomic E-state index is 13.3. The van der Waals surface area contributed by atoms with Crippen molar-refractivity contribution in [3.05, 3.63) is 70.5 Å². The van der Waals surface area contributed by atoms with Crippen molar-refractivity contribution in [1.29, 1.82) is 0 Å². The minimum absolute atomic E-state index is 0.215. The molecule has 0 saturated carbocycles. The second-order valence-corrected chi connectivity index (χ2v) is 3.84. The lowest BCUT2D eigenvalue weighted by Gasteiger charge is -1.96. The summed E-state index contributed by atoms with van der Waals surface area (Å²) in [6.45, 7) is 0. The zero-order valence-corrected chi connectivity index (χ0v) is 9.29. The van der Waals surface area contributed by atoms with E-state index in [2.05, 4.69) is 0 Å². The molecule has 0 radical (unpaired) electrons. The quantitative estimate of drug-likeness (QED) is 0.662. The van der Waals surface area contributed by atoms with Crippen LogP contribution in [-0.4, -0.2) is 0 Å². The maximum Gasteiger partial charge on any atom is 0.130 e. The Labute approximate surface area is 99.0 Å². The van der Waals surface area contributed by atoms with Crippen LogP contribution >= 0.6 is 11.6 Å². The van der Waals surface area contributed by atoms with Gasteiger partial charge < -0.3 is 0 Å². The van der Waals surface area contributed by atoms with Gasteiger partial charge in [0.2, 0.25) is 0 Å². The Bertz CT molecular complexity index is 500. The first-order chi connectivity index (χ1) is 7.75. The molecule has 0 saturated heterocycles. The molecule has 0 amide bonds. The van der Waals surface area contributed by atoms with Crippen molar-refractivity contribution in [2.45, 2.75) is 0 Å². The van der Waals surface area contributed by atoms with E-state index in [9.17, 15) is 4.39 Å². The summed E-state index contributed by atoms with van der Waals surface area (Å²) in [6.07, 6.45) is 3.60. The standard InChI is InChI=1S/C14H10ClF/c15-13-9-6-11(7-10-13)5-8-12-3-1-2-4-14(12)16/h1-10H/b8-5+. The second kappa shape index (κ2) is 4.95. The second-order valence-electron chi connectivity index (χ2n) is 3.41. The van der Waals surface area contributed by atoms with E-state index in [1.54, 1.807) is 18.2 Å². The molecule has 0 aliphatic heterocycles. The van der Waals surface area contributed by atoms with Crippen molar-refractivity contribution in [2.24, 2.45) is 0 Å². The molecule has 0 aliphatic rings. The maximum atomic E-state index is 13.3. The molecule has 0 N–H and O–H groups in total. The summed E-state index contributed by atoms with van der Waals surface area (Å²) in [4.78, 5) is 0. The Morgan fingerprint density at radius 2 is 1.56 bits per heavy atom. The number of hydrogen-bond acceptors (Lipinski definition) is 0. The first-order valence-electron chi connectivity index (χ1n) is 4.94. The largest absolute Gasteiger partial charge is 0.206 e. The Morgan fingerprint density at radius 1 is 0.875 bits per heavy atom. The summed E-state index contributed by atoms with van der Waals surface area (Å²) in [5.41, 5.74) is 1.57. The summed E-state index contributed by atoms with van der Waals surface area (Å²) < 4.78 is 13.3. The van der Waals surface area contributed by atoms with Gasteiger partial charge in [0.25, 0.3) is 0 Å².